The Morgan fingerprint density at radius 1 is 1.18 bits per heavy atom. The predicted molar refractivity (Wildman–Crippen MR) is 125 cm³/mol. The summed E-state index contributed by atoms with van der Waals surface area (Å²) in [6.45, 7) is 7.02. The van der Waals surface area contributed by atoms with E-state index in [4.69, 9.17) is 4.74 Å². The number of carbonyl (C=O) groups excluding carboxylic acids is 2. The molecule has 8 nitrogen and oxygen atoms in total. The normalized spacial score (nSPS) is 12.5. The summed E-state index contributed by atoms with van der Waals surface area (Å²) in [5.41, 5.74) is 3.40. The fraction of sp³-hybridized carbons (Fsp3) is 0.391. The van der Waals surface area contributed by atoms with Gasteiger partial charge in [-0.25, -0.2) is 22.6 Å². The maximum Gasteiger partial charge on any atom is 0.429 e. The lowest BCUT2D eigenvalue weighted by Crippen LogP contribution is -2.46. The van der Waals surface area contributed by atoms with E-state index in [-0.39, 0.29) is 29.4 Å². The van der Waals surface area contributed by atoms with E-state index >= 15 is 0 Å². The Morgan fingerprint density at radius 2 is 1.82 bits per heavy atom. The molecule has 0 aliphatic heterocycles. The number of halogens is 1. The van der Waals surface area contributed by atoms with Crippen LogP contribution in [0, 0.1) is 5.82 Å². The Morgan fingerprint density at radius 3 is 2.36 bits per heavy atom. The highest BCUT2D eigenvalue weighted by Gasteiger charge is 2.28. The first-order valence-corrected chi connectivity index (χ1v) is 12.2. The molecule has 0 saturated carbocycles. The summed E-state index contributed by atoms with van der Waals surface area (Å²) in [5, 5.41) is 4.23. The van der Waals surface area contributed by atoms with Crippen LogP contribution < -0.4 is 10.7 Å². The molecule has 0 aromatic heterocycles. The van der Waals surface area contributed by atoms with Crippen molar-refractivity contribution in [1.29, 1.82) is 0 Å². The third-order valence-electron chi connectivity index (χ3n) is 4.52. The number of para-hydroxylation sites is 1. The monoisotopic (exact) mass is 479 g/mol. The van der Waals surface area contributed by atoms with Gasteiger partial charge in [-0.2, -0.15) is 0 Å². The van der Waals surface area contributed by atoms with Crippen LogP contribution in [0.1, 0.15) is 39.7 Å². The molecule has 1 amide bonds. The summed E-state index contributed by atoms with van der Waals surface area (Å²) < 4.78 is 43.6. The Kier molecular flexibility index (Phi) is 8.43. The second-order valence-electron chi connectivity index (χ2n) is 8.64. The summed E-state index contributed by atoms with van der Waals surface area (Å²) in [7, 11) is -3.64. The number of ether oxygens (including phenoxy) is 1. The van der Waals surface area contributed by atoms with Gasteiger partial charge in [0.2, 0.25) is 0 Å². The average Bonchev–Trinajstić information content (AvgIpc) is 2.70. The van der Waals surface area contributed by atoms with Crippen LogP contribution in [-0.4, -0.2) is 43.7 Å². The minimum absolute atomic E-state index is 0.0155. The van der Waals surface area contributed by atoms with Gasteiger partial charge in [-0.1, -0.05) is 18.2 Å². The number of sulfone groups is 1. The minimum Gasteiger partial charge on any atom is -0.442 e. The van der Waals surface area contributed by atoms with Gasteiger partial charge in [-0.15, -0.1) is 0 Å². The van der Waals surface area contributed by atoms with Crippen molar-refractivity contribution in [2.45, 2.75) is 57.2 Å². The molecule has 0 saturated heterocycles. The lowest BCUT2D eigenvalue weighted by atomic mass is 10.2. The number of carbonyl (C=O) groups is 2. The van der Waals surface area contributed by atoms with Gasteiger partial charge in [0.25, 0.3) is 0 Å². The average molecular weight is 480 g/mol. The molecule has 0 aliphatic rings. The summed E-state index contributed by atoms with van der Waals surface area (Å²) in [5.74, 6) is -0.380. The summed E-state index contributed by atoms with van der Waals surface area (Å²) in [6, 6.07) is 9.79. The number of hydrogen-bond acceptors (Lipinski definition) is 7. The smallest absolute Gasteiger partial charge is 0.429 e. The number of nitrogens with zero attached hydrogens (tertiary/aromatic N) is 1. The highest BCUT2D eigenvalue weighted by molar-refractivity contribution is 7.90. The molecule has 0 heterocycles. The summed E-state index contributed by atoms with van der Waals surface area (Å²) in [4.78, 5) is 23.9. The van der Waals surface area contributed by atoms with Crippen LogP contribution in [-0.2, 0) is 25.9 Å². The van der Waals surface area contributed by atoms with Crippen LogP contribution in [0.25, 0.3) is 0 Å². The largest absolute Gasteiger partial charge is 0.442 e. The zero-order chi connectivity index (χ0) is 24.8. The zero-order valence-corrected chi connectivity index (χ0v) is 20.2. The first-order chi connectivity index (χ1) is 15.3. The number of hydrazine groups is 1. The van der Waals surface area contributed by atoms with Crippen molar-refractivity contribution in [1.82, 2.24) is 5.01 Å². The number of aldehydes is 1. The van der Waals surface area contributed by atoms with Gasteiger partial charge in [-0.3, -0.25) is 5.43 Å². The molecule has 0 spiro atoms. The molecule has 0 radical (unpaired) electrons. The lowest BCUT2D eigenvalue weighted by Gasteiger charge is -2.32. The molecule has 2 aromatic rings. The van der Waals surface area contributed by atoms with E-state index in [1.54, 1.807) is 52.0 Å². The van der Waals surface area contributed by atoms with Gasteiger partial charge in [-0.05, 0) is 57.5 Å². The summed E-state index contributed by atoms with van der Waals surface area (Å²) >= 11 is 0. The molecule has 2 rings (SSSR count). The van der Waals surface area contributed by atoms with E-state index in [1.807, 2.05) is 0 Å². The molecule has 0 bridgehead atoms. The van der Waals surface area contributed by atoms with Crippen LogP contribution >= 0.6 is 0 Å². The van der Waals surface area contributed by atoms with E-state index < -0.39 is 27.6 Å². The Balaban J connectivity index is 2.45. The first-order valence-electron chi connectivity index (χ1n) is 10.4. The first kappa shape index (κ1) is 26.1. The maximum atomic E-state index is 13.2. The number of amides is 1. The van der Waals surface area contributed by atoms with Crippen molar-refractivity contribution < 1.29 is 27.1 Å². The molecule has 10 heteroatoms. The fourth-order valence-corrected chi connectivity index (χ4v) is 3.81. The van der Waals surface area contributed by atoms with E-state index in [0.717, 1.165) is 16.8 Å². The number of benzene rings is 2. The number of anilines is 2. The molecular formula is C23H30FN3O5S. The number of hydrogen-bond donors (Lipinski definition) is 2. The molecule has 33 heavy (non-hydrogen) atoms. The highest BCUT2D eigenvalue weighted by atomic mass is 32.2. The number of nitrogens with one attached hydrogen (secondary N) is 2. The topological polar surface area (TPSA) is 105 Å². The van der Waals surface area contributed by atoms with E-state index in [0.29, 0.717) is 12.0 Å². The molecule has 180 valence electrons. The third kappa shape index (κ3) is 7.74. The van der Waals surface area contributed by atoms with Crippen molar-refractivity contribution in [3.63, 3.8) is 0 Å². The van der Waals surface area contributed by atoms with Gasteiger partial charge in [0.15, 0.2) is 9.84 Å². The van der Waals surface area contributed by atoms with E-state index in [1.165, 1.54) is 18.2 Å². The minimum atomic E-state index is -3.64. The zero-order valence-electron chi connectivity index (χ0n) is 19.4. The molecule has 2 aromatic carbocycles. The molecule has 1 atom stereocenters. The third-order valence-corrected chi connectivity index (χ3v) is 5.66. The van der Waals surface area contributed by atoms with Crippen molar-refractivity contribution >= 4 is 33.6 Å². The molecule has 2 N–H and O–H groups in total. The van der Waals surface area contributed by atoms with E-state index in [9.17, 15) is 22.4 Å². The van der Waals surface area contributed by atoms with Gasteiger partial charge in [0.1, 0.15) is 17.7 Å². The molecule has 1 unspecified atom stereocenters. The lowest BCUT2D eigenvalue weighted by molar-refractivity contribution is -0.108. The second-order valence-corrected chi connectivity index (χ2v) is 10.6. The Bertz CT molecular complexity index is 1080. The van der Waals surface area contributed by atoms with Crippen LogP contribution in [0.15, 0.2) is 47.4 Å². The van der Waals surface area contributed by atoms with Crippen LogP contribution in [0.5, 0.6) is 0 Å². The predicted octanol–water partition coefficient (Wildman–Crippen LogP) is 4.38. The van der Waals surface area contributed by atoms with Gasteiger partial charge < -0.3 is 14.8 Å². The van der Waals surface area contributed by atoms with Crippen molar-refractivity contribution in [3.05, 3.63) is 53.8 Å². The van der Waals surface area contributed by atoms with Crippen LogP contribution in [0.2, 0.25) is 0 Å². The van der Waals surface area contributed by atoms with Gasteiger partial charge in [0.05, 0.1) is 22.3 Å². The second kappa shape index (κ2) is 10.7. The van der Waals surface area contributed by atoms with Gasteiger partial charge in [0, 0.05) is 19.2 Å². The number of rotatable bonds is 9. The maximum absolute atomic E-state index is 13.2. The van der Waals surface area contributed by atoms with Gasteiger partial charge >= 0.3 is 6.09 Å². The quantitative estimate of drug-likeness (QED) is 0.406. The highest BCUT2D eigenvalue weighted by Crippen LogP contribution is 2.31. The molecular weight excluding hydrogens is 449 g/mol. The summed E-state index contributed by atoms with van der Waals surface area (Å²) in [6.07, 6.45) is 1.09. The van der Waals surface area contributed by atoms with Crippen LogP contribution in [0.3, 0.4) is 0 Å². The SMILES string of the molecule is CC(CC=O)N(Nc1cccc(S(C)(=O)=O)c1NCc1ccc(F)cc1)C(=O)OC(C)(C)C. The van der Waals surface area contributed by atoms with E-state index in [2.05, 4.69) is 10.7 Å². The fourth-order valence-electron chi connectivity index (χ4n) is 2.93. The molecule has 0 fully saturated rings. The van der Waals surface area contributed by atoms with Crippen molar-refractivity contribution in [2.75, 3.05) is 17.0 Å². The van der Waals surface area contributed by atoms with Crippen LogP contribution in [0.4, 0.5) is 20.6 Å². The van der Waals surface area contributed by atoms with Crippen molar-refractivity contribution in [2.24, 2.45) is 0 Å². The van der Waals surface area contributed by atoms with Crippen molar-refractivity contribution in [3.8, 4) is 0 Å². The molecule has 0 aliphatic carbocycles. The Labute approximate surface area is 194 Å². The Hall–Kier alpha value is -3.14. The standard InChI is InChI=1S/C23H30FN3O5S/c1-16(13-14-28)27(22(29)32-23(2,3)4)26-19-7-6-8-20(33(5,30)31)21(19)25-15-17-9-11-18(24)12-10-17/h6-12,14,16,25-26H,13,15H2,1-5H3.